The second kappa shape index (κ2) is 3.37. The summed E-state index contributed by atoms with van der Waals surface area (Å²) < 4.78 is 9.47. The predicted molar refractivity (Wildman–Crippen MR) is 47.7 cm³/mol. The van der Waals surface area contributed by atoms with Crippen LogP contribution in [0.4, 0.5) is 5.95 Å². The van der Waals surface area contributed by atoms with Crippen molar-refractivity contribution in [3.8, 4) is 0 Å². The van der Waals surface area contributed by atoms with Crippen molar-refractivity contribution < 1.29 is 4.74 Å². The average Bonchev–Trinajstić information content (AvgIpc) is 2.54. The van der Waals surface area contributed by atoms with Crippen LogP contribution < -0.4 is 4.90 Å². The molecule has 0 aliphatic carbocycles. The Kier molecular flexibility index (Phi) is 2.23. The zero-order valence-corrected chi connectivity index (χ0v) is 7.80. The molecule has 1 aliphatic rings. The van der Waals surface area contributed by atoms with Crippen LogP contribution in [0.15, 0.2) is 0 Å². The van der Waals surface area contributed by atoms with Crippen LogP contribution in [-0.2, 0) is 4.74 Å². The number of hydrogen-bond acceptors (Lipinski definition) is 5. The van der Waals surface area contributed by atoms with E-state index in [-0.39, 0.29) is 0 Å². The quantitative estimate of drug-likeness (QED) is 0.645. The zero-order valence-electron chi connectivity index (χ0n) is 6.99. The summed E-state index contributed by atoms with van der Waals surface area (Å²) in [6.45, 7) is 5.38. The van der Waals surface area contributed by atoms with Gasteiger partial charge in [0.1, 0.15) is 5.01 Å². The van der Waals surface area contributed by atoms with Crippen molar-refractivity contribution in [2.24, 2.45) is 0 Å². The van der Waals surface area contributed by atoms with Crippen molar-refractivity contribution in [3.05, 3.63) is 5.01 Å². The highest BCUT2D eigenvalue weighted by molar-refractivity contribution is 7.05. The third kappa shape index (κ3) is 1.56. The highest BCUT2D eigenvalue weighted by Gasteiger charge is 2.14. The van der Waals surface area contributed by atoms with Crippen LogP contribution in [0, 0.1) is 6.92 Å². The van der Waals surface area contributed by atoms with Gasteiger partial charge in [0, 0.05) is 13.1 Å². The molecule has 0 bridgehead atoms. The van der Waals surface area contributed by atoms with Gasteiger partial charge in [0.2, 0.25) is 5.95 Å². The Bertz CT molecular complexity index is 257. The number of aryl methyl sites for hydroxylation is 1. The summed E-state index contributed by atoms with van der Waals surface area (Å²) in [7, 11) is 0. The molecular weight excluding hydrogens is 174 g/mol. The molecule has 0 saturated carbocycles. The molecule has 4 nitrogen and oxygen atoms in total. The van der Waals surface area contributed by atoms with Gasteiger partial charge in [0.05, 0.1) is 13.2 Å². The Morgan fingerprint density at radius 1 is 1.42 bits per heavy atom. The molecule has 0 radical (unpaired) electrons. The number of rotatable bonds is 1. The number of ether oxygens (including phenoxy) is 1. The van der Waals surface area contributed by atoms with Gasteiger partial charge in [-0.3, -0.25) is 0 Å². The van der Waals surface area contributed by atoms with Gasteiger partial charge >= 0.3 is 0 Å². The fraction of sp³-hybridized carbons (Fsp3) is 0.714. The number of aromatic nitrogens is 2. The topological polar surface area (TPSA) is 38.2 Å². The lowest BCUT2D eigenvalue weighted by atomic mass is 10.4. The molecule has 1 fully saturated rings. The van der Waals surface area contributed by atoms with E-state index in [0.717, 1.165) is 37.3 Å². The lowest BCUT2D eigenvalue weighted by molar-refractivity contribution is 0.122. The molecule has 1 aliphatic heterocycles. The van der Waals surface area contributed by atoms with Crippen molar-refractivity contribution in [1.29, 1.82) is 0 Å². The molecule has 2 heterocycles. The summed E-state index contributed by atoms with van der Waals surface area (Å²) >= 11 is 1.45. The Morgan fingerprint density at radius 3 is 2.75 bits per heavy atom. The fourth-order valence-corrected chi connectivity index (χ4v) is 1.67. The van der Waals surface area contributed by atoms with Crippen LogP contribution in [0.5, 0.6) is 0 Å². The van der Waals surface area contributed by atoms with Gasteiger partial charge in [0.15, 0.2) is 0 Å². The van der Waals surface area contributed by atoms with Gasteiger partial charge in [-0.2, -0.15) is 4.37 Å². The molecule has 1 aromatic rings. The van der Waals surface area contributed by atoms with E-state index in [9.17, 15) is 0 Å². The van der Waals surface area contributed by atoms with Gasteiger partial charge in [0.25, 0.3) is 0 Å². The summed E-state index contributed by atoms with van der Waals surface area (Å²) in [6, 6.07) is 0. The standard InChI is InChI=1S/C7H11N3OS/c1-6-8-7(9-12-6)10-2-4-11-5-3-10/h2-5H2,1H3. The van der Waals surface area contributed by atoms with E-state index in [1.165, 1.54) is 11.5 Å². The van der Waals surface area contributed by atoms with Crippen molar-refractivity contribution in [2.45, 2.75) is 6.92 Å². The van der Waals surface area contributed by atoms with E-state index in [1.807, 2.05) is 6.92 Å². The first-order valence-corrected chi connectivity index (χ1v) is 4.76. The third-order valence-electron chi connectivity index (χ3n) is 1.81. The van der Waals surface area contributed by atoms with Crippen molar-refractivity contribution >= 4 is 17.5 Å². The maximum atomic E-state index is 5.23. The highest BCUT2D eigenvalue weighted by Crippen LogP contribution is 2.13. The Balaban J connectivity index is 2.08. The average molecular weight is 185 g/mol. The largest absolute Gasteiger partial charge is 0.378 e. The van der Waals surface area contributed by atoms with Gasteiger partial charge in [-0.25, -0.2) is 4.98 Å². The van der Waals surface area contributed by atoms with Crippen LogP contribution >= 0.6 is 11.5 Å². The van der Waals surface area contributed by atoms with E-state index in [4.69, 9.17) is 4.74 Å². The zero-order chi connectivity index (χ0) is 8.39. The SMILES string of the molecule is Cc1nc(N2CCOCC2)ns1. The van der Waals surface area contributed by atoms with E-state index in [2.05, 4.69) is 14.3 Å². The van der Waals surface area contributed by atoms with E-state index >= 15 is 0 Å². The molecule has 66 valence electrons. The van der Waals surface area contributed by atoms with Crippen LogP contribution in [0.2, 0.25) is 0 Å². The Labute approximate surface area is 75.3 Å². The van der Waals surface area contributed by atoms with Crippen molar-refractivity contribution in [2.75, 3.05) is 31.2 Å². The predicted octanol–water partition coefficient (Wildman–Crippen LogP) is 0.683. The maximum absolute atomic E-state index is 5.23. The lowest BCUT2D eigenvalue weighted by Crippen LogP contribution is -2.36. The molecule has 0 unspecified atom stereocenters. The maximum Gasteiger partial charge on any atom is 0.237 e. The first-order valence-electron chi connectivity index (χ1n) is 3.99. The molecule has 1 aromatic heterocycles. The summed E-state index contributed by atoms with van der Waals surface area (Å²) in [4.78, 5) is 6.47. The minimum Gasteiger partial charge on any atom is -0.378 e. The second-order valence-corrected chi connectivity index (χ2v) is 3.67. The first kappa shape index (κ1) is 7.94. The van der Waals surface area contributed by atoms with Gasteiger partial charge in [-0.15, -0.1) is 0 Å². The summed E-state index contributed by atoms with van der Waals surface area (Å²) in [5, 5.41) is 1.02. The molecular formula is C7H11N3OS. The van der Waals surface area contributed by atoms with Crippen LogP contribution in [0.3, 0.4) is 0 Å². The Hall–Kier alpha value is -0.680. The molecule has 0 atom stereocenters. The highest BCUT2D eigenvalue weighted by atomic mass is 32.1. The minimum atomic E-state index is 0.790. The lowest BCUT2D eigenvalue weighted by Gasteiger charge is -2.25. The molecule has 0 spiro atoms. The van der Waals surface area contributed by atoms with Gasteiger partial charge in [-0.1, -0.05) is 0 Å². The van der Waals surface area contributed by atoms with Gasteiger partial charge < -0.3 is 9.64 Å². The number of morpholine rings is 1. The number of nitrogens with zero attached hydrogens (tertiary/aromatic N) is 3. The molecule has 0 amide bonds. The van der Waals surface area contributed by atoms with Crippen LogP contribution in [0.1, 0.15) is 5.01 Å². The number of hydrogen-bond donors (Lipinski definition) is 0. The summed E-state index contributed by atoms with van der Waals surface area (Å²) in [6.07, 6.45) is 0. The molecule has 2 rings (SSSR count). The van der Waals surface area contributed by atoms with E-state index < -0.39 is 0 Å². The van der Waals surface area contributed by atoms with Gasteiger partial charge in [-0.05, 0) is 18.5 Å². The van der Waals surface area contributed by atoms with Crippen molar-refractivity contribution in [3.63, 3.8) is 0 Å². The monoisotopic (exact) mass is 185 g/mol. The first-order chi connectivity index (χ1) is 5.86. The van der Waals surface area contributed by atoms with Crippen LogP contribution in [-0.4, -0.2) is 35.7 Å². The van der Waals surface area contributed by atoms with E-state index in [0.29, 0.717) is 0 Å². The third-order valence-corrected chi connectivity index (χ3v) is 2.42. The fourth-order valence-electron chi connectivity index (χ4n) is 1.18. The summed E-state index contributed by atoms with van der Waals surface area (Å²) in [5.74, 6) is 0.862. The smallest absolute Gasteiger partial charge is 0.237 e. The molecule has 5 heteroatoms. The van der Waals surface area contributed by atoms with Crippen molar-refractivity contribution in [1.82, 2.24) is 9.36 Å². The molecule has 1 saturated heterocycles. The molecule has 0 aromatic carbocycles. The van der Waals surface area contributed by atoms with E-state index in [1.54, 1.807) is 0 Å². The second-order valence-electron chi connectivity index (χ2n) is 2.71. The normalized spacial score (nSPS) is 18.2. The summed E-state index contributed by atoms with van der Waals surface area (Å²) in [5.41, 5.74) is 0. The molecule has 0 N–H and O–H groups in total. The molecule has 12 heavy (non-hydrogen) atoms. The Morgan fingerprint density at radius 2 is 2.17 bits per heavy atom. The number of anilines is 1. The minimum absolute atomic E-state index is 0.790. The van der Waals surface area contributed by atoms with Crippen LogP contribution in [0.25, 0.3) is 0 Å².